The van der Waals surface area contributed by atoms with Crippen LogP contribution in [0.15, 0.2) is 0 Å². The second-order valence-electron chi connectivity index (χ2n) is 4.12. The van der Waals surface area contributed by atoms with E-state index < -0.39 is 0 Å². The Bertz CT molecular complexity index is 171. The van der Waals surface area contributed by atoms with Gasteiger partial charge in [-0.25, -0.2) is 0 Å². The first-order valence-corrected chi connectivity index (χ1v) is 5.85. The first kappa shape index (κ1) is 13.8. The van der Waals surface area contributed by atoms with Crippen molar-refractivity contribution in [2.75, 3.05) is 0 Å². The molecule has 3 unspecified atom stereocenters. The molecule has 0 rings (SSSR count). The van der Waals surface area contributed by atoms with Gasteiger partial charge in [0.25, 0.3) is 0 Å². The zero-order chi connectivity index (χ0) is 11.1. The Balaban J connectivity index is 3.80. The molecule has 0 bridgehead atoms. The lowest BCUT2D eigenvalue weighted by molar-refractivity contribution is -0.125. The minimum Gasteiger partial charge on any atom is -0.353 e. The van der Waals surface area contributed by atoms with Crippen molar-refractivity contribution in [1.29, 1.82) is 0 Å². The monoisotopic (exact) mass is 219 g/mol. The minimum absolute atomic E-state index is 0.117. The maximum Gasteiger partial charge on any atom is 0.223 e. The van der Waals surface area contributed by atoms with E-state index in [4.69, 9.17) is 11.6 Å². The average molecular weight is 220 g/mol. The molecule has 3 atom stereocenters. The normalized spacial score (nSPS) is 17.2. The van der Waals surface area contributed by atoms with Gasteiger partial charge in [-0.3, -0.25) is 4.79 Å². The van der Waals surface area contributed by atoms with E-state index >= 15 is 0 Å². The van der Waals surface area contributed by atoms with Gasteiger partial charge >= 0.3 is 0 Å². The van der Waals surface area contributed by atoms with Crippen LogP contribution < -0.4 is 5.32 Å². The van der Waals surface area contributed by atoms with Gasteiger partial charge in [0.1, 0.15) is 0 Å². The third-order valence-corrected chi connectivity index (χ3v) is 2.41. The number of halogens is 1. The maximum atomic E-state index is 11.6. The van der Waals surface area contributed by atoms with Crippen molar-refractivity contribution in [2.24, 2.45) is 5.92 Å². The summed E-state index contributed by atoms with van der Waals surface area (Å²) in [7, 11) is 0. The minimum atomic E-state index is 0.117. The zero-order valence-corrected chi connectivity index (χ0v) is 10.4. The van der Waals surface area contributed by atoms with Crippen LogP contribution in [0.3, 0.4) is 0 Å². The summed E-state index contributed by atoms with van der Waals surface area (Å²) in [6, 6.07) is 0.175. The van der Waals surface area contributed by atoms with E-state index in [-0.39, 0.29) is 23.2 Å². The molecule has 0 saturated carbocycles. The Labute approximate surface area is 92.4 Å². The third kappa shape index (κ3) is 6.25. The highest BCUT2D eigenvalue weighted by atomic mass is 35.5. The van der Waals surface area contributed by atoms with Crippen molar-refractivity contribution >= 4 is 17.5 Å². The Hall–Kier alpha value is -0.240. The summed E-state index contributed by atoms with van der Waals surface area (Å²) in [6.45, 7) is 8.00. The van der Waals surface area contributed by atoms with Crippen LogP contribution in [-0.2, 0) is 4.79 Å². The van der Waals surface area contributed by atoms with Crippen LogP contribution in [0.25, 0.3) is 0 Å². The molecule has 2 nitrogen and oxygen atoms in total. The molecule has 0 aromatic rings. The van der Waals surface area contributed by atoms with Gasteiger partial charge in [0.05, 0.1) is 0 Å². The van der Waals surface area contributed by atoms with Gasteiger partial charge in [-0.1, -0.05) is 20.3 Å². The first-order chi connectivity index (χ1) is 6.47. The molecule has 84 valence electrons. The topological polar surface area (TPSA) is 29.1 Å². The molecule has 0 aliphatic carbocycles. The van der Waals surface area contributed by atoms with Crippen molar-refractivity contribution in [3.05, 3.63) is 0 Å². The third-order valence-electron chi connectivity index (χ3n) is 2.24. The van der Waals surface area contributed by atoms with Crippen molar-refractivity contribution in [1.82, 2.24) is 5.32 Å². The van der Waals surface area contributed by atoms with Crippen molar-refractivity contribution in [3.8, 4) is 0 Å². The second-order valence-corrected chi connectivity index (χ2v) is 4.86. The van der Waals surface area contributed by atoms with Crippen molar-refractivity contribution < 1.29 is 4.79 Å². The SMILES string of the molecule is CCCC(C)C(=O)NC(C)CC(C)Cl. The summed E-state index contributed by atoms with van der Waals surface area (Å²) in [4.78, 5) is 11.6. The van der Waals surface area contributed by atoms with E-state index in [2.05, 4.69) is 12.2 Å². The predicted molar refractivity (Wildman–Crippen MR) is 61.6 cm³/mol. The smallest absolute Gasteiger partial charge is 0.223 e. The average Bonchev–Trinajstić information content (AvgIpc) is 2.02. The lowest BCUT2D eigenvalue weighted by atomic mass is 10.0. The Morgan fingerprint density at radius 3 is 2.36 bits per heavy atom. The first-order valence-electron chi connectivity index (χ1n) is 5.41. The van der Waals surface area contributed by atoms with E-state index in [9.17, 15) is 4.79 Å². The van der Waals surface area contributed by atoms with E-state index in [0.717, 1.165) is 19.3 Å². The molecule has 3 heteroatoms. The number of hydrogen-bond acceptors (Lipinski definition) is 1. The van der Waals surface area contributed by atoms with Gasteiger partial charge in [-0.15, -0.1) is 11.6 Å². The highest BCUT2D eigenvalue weighted by Gasteiger charge is 2.14. The molecular weight excluding hydrogens is 198 g/mol. The number of amides is 1. The van der Waals surface area contributed by atoms with Crippen molar-refractivity contribution in [2.45, 2.75) is 58.4 Å². The number of nitrogens with one attached hydrogen (secondary N) is 1. The lowest BCUT2D eigenvalue weighted by Gasteiger charge is -2.18. The fourth-order valence-corrected chi connectivity index (χ4v) is 1.76. The van der Waals surface area contributed by atoms with Crippen LogP contribution in [0.5, 0.6) is 0 Å². The Morgan fingerprint density at radius 2 is 1.93 bits per heavy atom. The molecule has 1 N–H and O–H groups in total. The molecule has 1 amide bonds. The van der Waals surface area contributed by atoms with Gasteiger partial charge in [-0.2, -0.15) is 0 Å². The molecule has 14 heavy (non-hydrogen) atoms. The van der Waals surface area contributed by atoms with Crippen LogP contribution >= 0.6 is 11.6 Å². The quantitative estimate of drug-likeness (QED) is 0.684. The van der Waals surface area contributed by atoms with Crippen LogP contribution in [0, 0.1) is 5.92 Å². The van der Waals surface area contributed by atoms with E-state index in [0.29, 0.717) is 0 Å². The van der Waals surface area contributed by atoms with Gasteiger partial charge in [-0.05, 0) is 26.7 Å². The lowest BCUT2D eigenvalue weighted by Crippen LogP contribution is -2.37. The summed E-state index contributed by atoms with van der Waals surface area (Å²) < 4.78 is 0. The highest BCUT2D eigenvalue weighted by molar-refractivity contribution is 6.20. The molecule has 0 radical (unpaired) electrons. The highest BCUT2D eigenvalue weighted by Crippen LogP contribution is 2.08. The fourth-order valence-electron chi connectivity index (χ4n) is 1.50. The molecule has 0 saturated heterocycles. The number of carbonyl (C=O) groups excluding carboxylic acids is 1. The fraction of sp³-hybridized carbons (Fsp3) is 0.909. The predicted octanol–water partition coefficient (Wildman–Crippen LogP) is 2.94. The largest absolute Gasteiger partial charge is 0.353 e. The van der Waals surface area contributed by atoms with E-state index in [1.165, 1.54) is 0 Å². The molecule has 0 aromatic carbocycles. The summed E-state index contributed by atoms with van der Waals surface area (Å²) >= 11 is 5.85. The van der Waals surface area contributed by atoms with Crippen LogP contribution in [0.4, 0.5) is 0 Å². The molecule has 0 spiro atoms. The molecule has 0 heterocycles. The van der Waals surface area contributed by atoms with Crippen LogP contribution in [-0.4, -0.2) is 17.3 Å². The Kier molecular flexibility index (Phi) is 6.98. The summed E-state index contributed by atoms with van der Waals surface area (Å²) in [5, 5.41) is 3.09. The molecule has 0 aliphatic heterocycles. The molecule has 0 aliphatic rings. The van der Waals surface area contributed by atoms with Crippen LogP contribution in [0.1, 0.15) is 47.0 Å². The second kappa shape index (κ2) is 7.10. The maximum absolute atomic E-state index is 11.6. The zero-order valence-electron chi connectivity index (χ0n) is 9.64. The summed E-state index contributed by atoms with van der Waals surface area (Å²) in [6.07, 6.45) is 2.83. The Morgan fingerprint density at radius 1 is 1.36 bits per heavy atom. The number of rotatable bonds is 6. The van der Waals surface area contributed by atoms with E-state index in [1.807, 2.05) is 20.8 Å². The summed E-state index contributed by atoms with van der Waals surface area (Å²) in [5.41, 5.74) is 0. The standard InChI is InChI=1S/C11H22ClNO/c1-5-6-8(2)11(14)13-10(4)7-9(3)12/h8-10H,5-7H2,1-4H3,(H,13,14). The van der Waals surface area contributed by atoms with Gasteiger partial charge in [0.15, 0.2) is 0 Å². The van der Waals surface area contributed by atoms with Gasteiger partial charge in [0, 0.05) is 17.3 Å². The van der Waals surface area contributed by atoms with Crippen LogP contribution in [0.2, 0.25) is 0 Å². The number of hydrogen-bond donors (Lipinski definition) is 1. The number of alkyl halides is 1. The van der Waals surface area contributed by atoms with Gasteiger partial charge < -0.3 is 5.32 Å². The number of carbonyl (C=O) groups is 1. The molecule has 0 aromatic heterocycles. The summed E-state index contributed by atoms with van der Waals surface area (Å²) in [5.74, 6) is 0.268. The molecular formula is C11H22ClNO. The van der Waals surface area contributed by atoms with E-state index in [1.54, 1.807) is 0 Å². The van der Waals surface area contributed by atoms with Crippen molar-refractivity contribution in [3.63, 3.8) is 0 Å². The van der Waals surface area contributed by atoms with Gasteiger partial charge in [0.2, 0.25) is 5.91 Å². The molecule has 0 fully saturated rings.